The molecule has 0 bridgehead atoms. The molecule has 3 N–H and O–H groups in total. The number of amides is 3. The number of nitrogens with zero attached hydrogens (tertiary/aromatic N) is 2. The fraction of sp³-hybridized carbons (Fsp3) is 0.424. The van der Waals surface area contributed by atoms with Gasteiger partial charge in [-0.3, -0.25) is 4.79 Å². The van der Waals surface area contributed by atoms with E-state index in [9.17, 15) is 14.0 Å². The first-order valence-electron chi connectivity index (χ1n) is 14.9. The highest BCUT2D eigenvalue weighted by Crippen LogP contribution is 2.34. The third kappa shape index (κ3) is 8.24. The van der Waals surface area contributed by atoms with Gasteiger partial charge in [0.1, 0.15) is 11.9 Å². The normalized spacial score (nSPS) is 18.4. The van der Waals surface area contributed by atoms with Gasteiger partial charge in [-0.25, -0.2) is 9.18 Å². The van der Waals surface area contributed by atoms with Crippen molar-refractivity contribution in [2.75, 3.05) is 26.2 Å². The minimum Gasteiger partial charge on any atom is -0.360 e. The van der Waals surface area contributed by atoms with Crippen molar-refractivity contribution in [3.63, 3.8) is 0 Å². The number of hydrogen-bond donors (Lipinski definition) is 3. The minimum absolute atomic E-state index is 0.0114. The van der Waals surface area contributed by atoms with Crippen LogP contribution in [0.15, 0.2) is 61.5 Å². The fourth-order valence-electron chi connectivity index (χ4n) is 5.61. The van der Waals surface area contributed by atoms with E-state index in [1.807, 2.05) is 19.9 Å². The number of likely N-dealkylation sites (tertiary alicyclic amines) is 1. The number of ether oxygens (including phenoxy) is 1. The molecule has 1 aromatic heterocycles. The van der Waals surface area contributed by atoms with Crippen molar-refractivity contribution >= 4 is 34.8 Å². The average Bonchev–Trinajstić information content (AvgIpc) is 3.48. The molecular formula is C33H41ClFN5O3. The van der Waals surface area contributed by atoms with Gasteiger partial charge in [0, 0.05) is 49.3 Å². The highest BCUT2D eigenvalue weighted by atomic mass is 35.5. The molecule has 2 aromatic rings. The number of rotatable bonds is 10. The van der Waals surface area contributed by atoms with Gasteiger partial charge in [0.25, 0.3) is 0 Å². The van der Waals surface area contributed by atoms with Gasteiger partial charge in [-0.15, -0.1) is 6.58 Å². The van der Waals surface area contributed by atoms with Gasteiger partial charge >= 0.3 is 6.03 Å². The van der Waals surface area contributed by atoms with Crippen LogP contribution in [0.4, 0.5) is 9.18 Å². The number of halogens is 2. The number of urea groups is 1. The number of carbonyl (C=O) groups excluding carboxylic acids is 2. The van der Waals surface area contributed by atoms with Crippen LogP contribution in [0, 0.1) is 11.2 Å². The molecule has 0 radical (unpaired) electrons. The molecule has 8 nitrogen and oxygen atoms in total. The van der Waals surface area contributed by atoms with E-state index in [0.29, 0.717) is 43.8 Å². The maximum Gasteiger partial charge on any atom is 0.315 e. The lowest BCUT2D eigenvalue weighted by atomic mass is 9.97. The molecule has 1 saturated heterocycles. The van der Waals surface area contributed by atoms with Crippen molar-refractivity contribution in [3.8, 4) is 0 Å². The molecule has 2 aliphatic rings. The first-order chi connectivity index (χ1) is 20.7. The molecule has 3 amide bonds. The molecule has 1 fully saturated rings. The maximum absolute atomic E-state index is 14.4. The highest BCUT2D eigenvalue weighted by molar-refractivity contribution is 6.31. The Morgan fingerprint density at radius 1 is 1.26 bits per heavy atom. The van der Waals surface area contributed by atoms with Crippen molar-refractivity contribution in [3.05, 3.63) is 89.0 Å². The quantitative estimate of drug-likeness (QED) is 0.272. The summed E-state index contributed by atoms with van der Waals surface area (Å²) in [7, 11) is 0. The average molecular weight is 610 g/mol. The molecule has 2 heterocycles. The van der Waals surface area contributed by atoms with E-state index in [-0.39, 0.29) is 29.5 Å². The van der Waals surface area contributed by atoms with E-state index in [2.05, 4.69) is 52.4 Å². The zero-order valence-electron chi connectivity index (χ0n) is 24.9. The molecule has 2 atom stereocenters. The van der Waals surface area contributed by atoms with E-state index in [1.54, 1.807) is 17.0 Å². The lowest BCUT2D eigenvalue weighted by Crippen LogP contribution is -2.46. The number of carbonyl (C=O) groups is 2. The monoisotopic (exact) mass is 609 g/mol. The summed E-state index contributed by atoms with van der Waals surface area (Å²) in [5.74, 6) is -0.582. The Bertz CT molecular complexity index is 1390. The van der Waals surface area contributed by atoms with E-state index in [4.69, 9.17) is 21.7 Å². The zero-order valence-corrected chi connectivity index (χ0v) is 25.6. The minimum atomic E-state index is -0.600. The predicted octanol–water partition coefficient (Wildman–Crippen LogP) is 6.39. The summed E-state index contributed by atoms with van der Waals surface area (Å²) < 4.78 is 23.0. The van der Waals surface area contributed by atoms with Crippen molar-refractivity contribution < 1.29 is 18.7 Å². The molecule has 43 heavy (non-hydrogen) atoms. The van der Waals surface area contributed by atoms with Crippen LogP contribution in [-0.4, -0.2) is 59.4 Å². The summed E-state index contributed by atoms with van der Waals surface area (Å²) in [5.41, 5.74) is 3.83. The first kappa shape index (κ1) is 32.2. The van der Waals surface area contributed by atoms with E-state index in [1.165, 1.54) is 6.07 Å². The molecule has 2 unspecified atom stereocenters. The molecule has 1 aliphatic heterocycles. The fourth-order valence-corrected chi connectivity index (χ4v) is 5.94. The molecule has 4 rings (SSSR count). The van der Waals surface area contributed by atoms with Crippen LogP contribution in [0.3, 0.4) is 0 Å². The van der Waals surface area contributed by atoms with Gasteiger partial charge in [0.05, 0.1) is 17.7 Å². The molecule has 10 heteroatoms. The van der Waals surface area contributed by atoms with Gasteiger partial charge in [0.2, 0.25) is 5.91 Å². The third-order valence-corrected chi connectivity index (χ3v) is 8.30. The second-order valence-corrected chi connectivity index (χ2v) is 11.3. The van der Waals surface area contributed by atoms with Crippen molar-refractivity contribution in [2.24, 2.45) is 0 Å². The number of piperidine rings is 1. The lowest BCUT2D eigenvalue weighted by molar-refractivity contribution is -0.131. The third-order valence-electron chi connectivity index (χ3n) is 7.92. The van der Waals surface area contributed by atoms with Gasteiger partial charge in [-0.05, 0) is 80.9 Å². The van der Waals surface area contributed by atoms with Crippen molar-refractivity contribution in [2.45, 2.75) is 64.2 Å². The number of aromatic nitrogens is 1. The van der Waals surface area contributed by atoms with Crippen LogP contribution in [-0.2, 0) is 16.0 Å². The topological polar surface area (TPSA) is 99.4 Å². The van der Waals surface area contributed by atoms with Gasteiger partial charge in [-0.2, -0.15) is 0 Å². The standard InChI is InChI=1S/C33H41ClFN5O3/c1-4-8-23-11-12-27(35)32(34)31(23)22(3)43-29-19-24(9-6-7-10-28(29)36)25-13-16-40(21-25)26-14-17-39(18-15-26)30(41)20-38-33(42)37-5-2/h4,6,9,11-13,16,19,21-22,26,29,36H,1,5,7-8,10,14-15,17-18,20H2,2-3H3,(H2,37,38,42). The molecule has 230 valence electrons. The van der Waals surface area contributed by atoms with Crippen LogP contribution in [0.5, 0.6) is 0 Å². The van der Waals surface area contributed by atoms with Crippen molar-refractivity contribution in [1.82, 2.24) is 20.1 Å². The first-order valence-corrected chi connectivity index (χ1v) is 15.3. The summed E-state index contributed by atoms with van der Waals surface area (Å²) in [6.07, 6.45) is 14.3. The summed E-state index contributed by atoms with van der Waals surface area (Å²) in [6.45, 7) is 9.21. The second-order valence-electron chi connectivity index (χ2n) is 10.9. The Hall–Kier alpha value is -3.69. The summed E-state index contributed by atoms with van der Waals surface area (Å²) in [5, 5.41) is 14.0. The smallest absolute Gasteiger partial charge is 0.315 e. The SMILES string of the molecule is C=CCc1ccc(F)c(Cl)c1C(C)OC1C=C(c2ccn(C3CCN(C(=O)CNC(=O)NCC)CC3)c2)C=CCCC1=N. The maximum atomic E-state index is 14.4. The Morgan fingerprint density at radius 2 is 2.02 bits per heavy atom. The van der Waals surface area contributed by atoms with Crippen LogP contribution in [0.2, 0.25) is 5.02 Å². The Kier molecular flexibility index (Phi) is 11.4. The van der Waals surface area contributed by atoms with E-state index >= 15 is 0 Å². The Labute approximate surface area is 258 Å². The second kappa shape index (κ2) is 15.2. The largest absolute Gasteiger partial charge is 0.360 e. The van der Waals surface area contributed by atoms with E-state index < -0.39 is 18.0 Å². The van der Waals surface area contributed by atoms with Crippen LogP contribution in [0.1, 0.15) is 68.4 Å². The van der Waals surface area contributed by atoms with Crippen LogP contribution in [0.25, 0.3) is 5.57 Å². The highest BCUT2D eigenvalue weighted by Gasteiger charge is 2.26. The summed E-state index contributed by atoms with van der Waals surface area (Å²) in [4.78, 5) is 25.9. The van der Waals surface area contributed by atoms with E-state index in [0.717, 1.165) is 36.0 Å². The number of benzene rings is 1. The molecule has 0 saturated carbocycles. The summed E-state index contributed by atoms with van der Waals surface area (Å²) >= 11 is 6.40. The van der Waals surface area contributed by atoms with Crippen LogP contribution >= 0.6 is 11.6 Å². The van der Waals surface area contributed by atoms with Crippen LogP contribution < -0.4 is 10.6 Å². The molecule has 1 aromatic carbocycles. The predicted molar refractivity (Wildman–Crippen MR) is 169 cm³/mol. The van der Waals surface area contributed by atoms with Gasteiger partial charge in [-0.1, -0.05) is 35.9 Å². The Balaban J connectivity index is 1.45. The lowest BCUT2D eigenvalue weighted by Gasteiger charge is -2.33. The molecule has 0 spiro atoms. The Morgan fingerprint density at radius 3 is 2.74 bits per heavy atom. The van der Waals surface area contributed by atoms with Crippen molar-refractivity contribution in [1.29, 1.82) is 5.41 Å². The van der Waals surface area contributed by atoms with Gasteiger partial charge < -0.3 is 30.2 Å². The molecular weight excluding hydrogens is 569 g/mol. The van der Waals surface area contributed by atoms with Gasteiger partial charge in [0.15, 0.2) is 0 Å². The number of nitrogens with one attached hydrogen (secondary N) is 3. The molecule has 1 aliphatic carbocycles. The number of allylic oxidation sites excluding steroid dienone is 4. The number of hydrogen-bond acceptors (Lipinski definition) is 4. The zero-order chi connectivity index (χ0) is 30.9. The summed E-state index contributed by atoms with van der Waals surface area (Å²) in [6, 6.07) is 5.03.